The van der Waals surface area contributed by atoms with Crippen LogP contribution in [0, 0.1) is 5.92 Å². The average molecular weight is 320 g/mol. The largest absolute Gasteiger partial charge is 0.461 e. The van der Waals surface area contributed by atoms with Gasteiger partial charge in [-0.1, -0.05) is 55.4 Å². The van der Waals surface area contributed by atoms with Crippen LogP contribution in [0.1, 0.15) is 51.0 Å². The highest BCUT2D eigenvalue weighted by Gasteiger charge is 2.30. The minimum Gasteiger partial charge on any atom is -0.461 e. The molecule has 0 radical (unpaired) electrons. The third-order valence-corrected chi connectivity index (χ3v) is 5.21. The fourth-order valence-corrected chi connectivity index (χ4v) is 3.52. The van der Waals surface area contributed by atoms with Crippen LogP contribution in [0.4, 0.5) is 0 Å². The third-order valence-electron chi connectivity index (χ3n) is 4.14. The Labute approximate surface area is 136 Å². The predicted octanol–water partition coefficient (Wildman–Crippen LogP) is 4.17. The zero-order chi connectivity index (χ0) is 15.9. The van der Waals surface area contributed by atoms with Gasteiger partial charge in [0.2, 0.25) is 0 Å². The smallest absolute Gasteiger partial charge is 0.309 e. The van der Waals surface area contributed by atoms with Gasteiger partial charge < -0.3 is 4.74 Å². The fourth-order valence-electron chi connectivity index (χ4n) is 2.90. The van der Waals surface area contributed by atoms with E-state index in [4.69, 9.17) is 4.74 Å². The summed E-state index contributed by atoms with van der Waals surface area (Å²) in [5.41, 5.74) is 1.26. The van der Waals surface area contributed by atoms with Crippen molar-refractivity contribution in [3.63, 3.8) is 0 Å². The van der Waals surface area contributed by atoms with Gasteiger partial charge in [0.05, 0.1) is 5.92 Å². The van der Waals surface area contributed by atoms with Crippen LogP contribution in [-0.2, 0) is 14.3 Å². The van der Waals surface area contributed by atoms with Gasteiger partial charge in [0.1, 0.15) is 6.10 Å². The van der Waals surface area contributed by atoms with Crippen LogP contribution in [0.5, 0.6) is 0 Å². The Hall–Kier alpha value is -1.29. The van der Waals surface area contributed by atoms with Crippen LogP contribution in [0.2, 0.25) is 0 Å². The maximum Gasteiger partial charge on any atom is 0.309 e. The number of hydrogen-bond donors (Lipinski definition) is 0. The molecule has 120 valence electrons. The van der Waals surface area contributed by atoms with E-state index in [1.807, 2.05) is 25.1 Å². The molecule has 1 aromatic carbocycles. The van der Waals surface area contributed by atoms with E-state index >= 15 is 0 Å². The van der Waals surface area contributed by atoms with Crippen molar-refractivity contribution < 1.29 is 14.3 Å². The molecule has 0 spiro atoms. The monoisotopic (exact) mass is 320 g/mol. The summed E-state index contributed by atoms with van der Waals surface area (Å²) in [4.78, 5) is 23.3. The van der Waals surface area contributed by atoms with E-state index in [9.17, 15) is 9.59 Å². The zero-order valence-electron chi connectivity index (χ0n) is 13.3. The highest BCUT2D eigenvalue weighted by atomic mass is 32.2. The highest BCUT2D eigenvalue weighted by molar-refractivity contribution is 8.13. The Morgan fingerprint density at radius 2 is 1.91 bits per heavy atom. The van der Waals surface area contributed by atoms with Gasteiger partial charge in [-0.05, 0) is 24.8 Å². The third kappa shape index (κ3) is 4.87. The van der Waals surface area contributed by atoms with E-state index in [0.29, 0.717) is 11.7 Å². The van der Waals surface area contributed by atoms with Gasteiger partial charge in [-0.3, -0.25) is 9.59 Å². The number of carbonyl (C=O) groups excluding carboxylic acids is 2. The molecule has 3 atom stereocenters. The molecule has 1 fully saturated rings. The molecule has 22 heavy (non-hydrogen) atoms. The maximum absolute atomic E-state index is 12.3. The number of ether oxygens (including phenoxy) is 1. The summed E-state index contributed by atoms with van der Waals surface area (Å²) >= 11 is 1.19. The first-order valence-corrected chi connectivity index (χ1v) is 8.95. The van der Waals surface area contributed by atoms with Crippen LogP contribution in [0.3, 0.4) is 0 Å². The SMILES string of the molecule is CC(=O)SC[C@@H](C)C(=O)O[C@@H]1CCCC[C@H]1c1ccccc1. The number of carbonyl (C=O) groups is 2. The van der Waals surface area contributed by atoms with E-state index in [-0.39, 0.29) is 23.1 Å². The van der Waals surface area contributed by atoms with Crippen molar-refractivity contribution in [1.29, 1.82) is 0 Å². The van der Waals surface area contributed by atoms with Gasteiger partial charge in [0.15, 0.2) is 5.12 Å². The molecule has 0 unspecified atom stereocenters. The Morgan fingerprint density at radius 1 is 1.23 bits per heavy atom. The normalized spacial score (nSPS) is 22.8. The molecular formula is C18H24O3S. The van der Waals surface area contributed by atoms with E-state index in [1.165, 1.54) is 30.7 Å². The minimum absolute atomic E-state index is 0.0339. The van der Waals surface area contributed by atoms with Crippen LogP contribution in [0.25, 0.3) is 0 Å². The van der Waals surface area contributed by atoms with Crippen LogP contribution in [-0.4, -0.2) is 22.9 Å². The van der Waals surface area contributed by atoms with Crippen molar-refractivity contribution >= 4 is 22.8 Å². The maximum atomic E-state index is 12.3. The van der Waals surface area contributed by atoms with Crippen LogP contribution in [0.15, 0.2) is 30.3 Å². The molecule has 0 N–H and O–H groups in total. The van der Waals surface area contributed by atoms with Crippen molar-refractivity contribution in [2.75, 3.05) is 5.75 Å². The zero-order valence-corrected chi connectivity index (χ0v) is 14.1. The summed E-state index contributed by atoms with van der Waals surface area (Å²) in [6.45, 7) is 3.36. The van der Waals surface area contributed by atoms with Crippen molar-refractivity contribution in [3.05, 3.63) is 35.9 Å². The minimum atomic E-state index is -0.243. The van der Waals surface area contributed by atoms with Gasteiger partial charge in [-0.15, -0.1) is 0 Å². The summed E-state index contributed by atoms with van der Waals surface area (Å²) in [5, 5.41) is 0.0412. The predicted molar refractivity (Wildman–Crippen MR) is 89.8 cm³/mol. The number of thioether (sulfide) groups is 1. The summed E-state index contributed by atoms with van der Waals surface area (Å²) in [5.74, 6) is 0.372. The lowest BCUT2D eigenvalue weighted by molar-refractivity contribution is -0.155. The highest BCUT2D eigenvalue weighted by Crippen LogP contribution is 2.35. The summed E-state index contributed by atoms with van der Waals surface area (Å²) in [6.07, 6.45) is 4.26. The van der Waals surface area contributed by atoms with Crippen molar-refractivity contribution in [1.82, 2.24) is 0 Å². The van der Waals surface area contributed by atoms with Crippen LogP contribution < -0.4 is 0 Å². The lowest BCUT2D eigenvalue weighted by atomic mass is 9.81. The number of benzene rings is 1. The molecule has 1 saturated carbocycles. The molecule has 0 amide bonds. The number of rotatable bonds is 5. The Balaban J connectivity index is 1.96. The first-order valence-electron chi connectivity index (χ1n) is 7.96. The molecule has 2 rings (SSSR count). The average Bonchev–Trinajstić information content (AvgIpc) is 2.53. The standard InChI is InChI=1S/C18H24O3S/c1-13(12-22-14(2)19)18(20)21-17-11-7-6-10-16(17)15-8-4-3-5-9-15/h3-5,8-9,13,16-17H,6-7,10-12H2,1-2H3/t13-,16+,17-/m1/s1. The fraction of sp³-hybridized carbons (Fsp3) is 0.556. The lowest BCUT2D eigenvalue weighted by Crippen LogP contribution is -2.31. The topological polar surface area (TPSA) is 43.4 Å². The van der Waals surface area contributed by atoms with Crippen LogP contribution >= 0.6 is 11.8 Å². The van der Waals surface area contributed by atoms with Gasteiger partial charge in [0.25, 0.3) is 0 Å². The second-order valence-electron chi connectivity index (χ2n) is 5.98. The van der Waals surface area contributed by atoms with E-state index in [2.05, 4.69) is 12.1 Å². The molecule has 0 bridgehead atoms. The van der Waals surface area contributed by atoms with Crippen molar-refractivity contribution in [3.8, 4) is 0 Å². The Bertz CT molecular complexity index is 500. The molecule has 4 heteroatoms. The van der Waals surface area contributed by atoms with Gasteiger partial charge in [-0.2, -0.15) is 0 Å². The number of esters is 1. The van der Waals surface area contributed by atoms with Gasteiger partial charge in [-0.25, -0.2) is 0 Å². The van der Waals surface area contributed by atoms with Gasteiger partial charge >= 0.3 is 5.97 Å². The molecule has 0 heterocycles. The first kappa shape index (κ1) is 17.1. The van der Waals surface area contributed by atoms with E-state index < -0.39 is 0 Å². The molecule has 1 aliphatic carbocycles. The lowest BCUT2D eigenvalue weighted by Gasteiger charge is -2.32. The quantitative estimate of drug-likeness (QED) is 0.764. The summed E-state index contributed by atoms with van der Waals surface area (Å²) < 4.78 is 5.79. The van der Waals surface area contributed by atoms with Crippen molar-refractivity contribution in [2.24, 2.45) is 5.92 Å². The number of hydrogen-bond acceptors (Lipinski definition) is 4. The first-order chi connectivity index (χ1) is 10.6. The molecule has 0 aliphatic heterocycles. The van der Waals surface area contributed by atoms with E-state index in [1.54, 1.807) is 0 Å². The second kappa shape index (κ2) is 8.37. The molecule has 3 nitrogen and oxygen atoms in total. The Kier molecular flexibility index (Phi) is 6.49. The summed E-state index contributed by atoms with van der Waals surface area (Å²) in [7, 11) is 0. The molecule has 0 aromatic heterocycles. The molecule has 1 aromatic rings. The summed E-state index contributed by atoms with van der Waals surface area (Å²) in [6, 6.07) is 10.3. The second-order valence-corrected chi connectivity index (χ2v) is 7.18. The molecule has 0 saturated heterocycles. The molecular weight excluding hydrogens is 296 g/mol. The Morgan fingerprint density at radius 3 is 2.59 bits per heavy atom. The molecule has 1 aliphatic rings. The van der Waals surface area contributed by atoms with E-state index in [0.717, 1.165) is 19.3 Å². The van der Waals surface area contributed by atoms with Crippen molar-refractivity contribution in [2.45, 2.75) is 51.6 Å². The van der Waals surface area contributed by atoms with Gasteiger partial charge in [0, 0.05) is 18.6 Å².